The Balaban J connectivity index is 1.41. The van der Waals surface area contributed by atoms with Crippen LogP contribution < -0.4 is 15.5 Å². The first kappa shape index (κ1) is 30.0. The molecule has 1 aliphatic heterocycles. The number of amidine groups is 1. The fourth-order valence-corrected chi connectivity index (χ4v) is 5.35. The van der Waals surface area contributed by atoms with Crippen molar-refractivity contribution >= 4 is 45.4 Å². The molecule has 1 saturated heterocycles. The van der Waals surface area contributed by atoms with Gasteiger partial charge in [-0.15, -0.1) is 0 Å². The van der Waals surface area contributed by atoms with Gasteiger partial charge in [0.15, 0.2) is 0 Å². The van der Waals surface area contributed by atoms with Gasteiger partial charge in [0, 0.05) is 47.1 Å². The van der Waals surface area contributed by atoms with E-state index in [2.05, 4.69) is 49.9 Å². The Kier molecular flexibility index (Phi) is 9.89. The number of anilines is 3. The zero-order chi connectivity index (χ0) is 30.2. The highest BCUT2D eigenvalue weighted by Gasteiger charge is 2.22. The second-order valence-corrected chi connectivity index (χ2v) is 10.6. The summed E-state index contributed by atoms with van der Waals surface area (Å²) in [5, 5.41) is 8.67. The van der Waals surface area contributed by atoms with E-state index in [9.17, 15) is 8.78 Å². The molecule has 2 N–H and O–H groups in total. The lowest BCUT2D eigenvalue weighted by atomic mass is 10.1. The number of piperazine rings is 1. The third kappa shape index (κ3) is 7.70. The number of nitrogens with one attached hydrogen (secondary N) is 2. The van der Waals surface area contributed by atoms with Crippen LogP contribution in [0.5, 0.6) is 0 Å². The summed E-state index contributed by atoms with van der Waals surface area (Å²) >= 11 is 6.21. The minimum absolute atomic E-state index is 0.272. The average Bonchev–Trinajstić information content (AvgIpc) is 3.02. The standard InChI is InChI=1S/C34H35ClF2N6/c1-3-41(4-2)33(39-28-13-9-26(36)10-14-28)6-5-7-34(40-29-15-11-27(37)12-16-29)43-22-20-42(21-23-43)32-18-19-38-31-24-25(35)8-17-30(31)32/h5-19,24H,3-4,20-23H2,1-2H3,(H,39,40)/p+1. The van der Waals surface area contributed by atoms with Gasteiger partial charge in [0.1, 0.15) is 36.2 Å². The Morgan fingerprint density at radius 2 is 1.53 bits per heavy atom. The molecule has 0 radical (unpaired) electrons. The van der Waals surface area contributed by atoms with Gasteiger partial charge in [-0.3, -0.25) is 9.56 Å². The molecule has 3 aromatic carbocycles. The molecule has 1 fully saturated rings. The highest BCUT2D eigenvalue weighted by molar-refractivity contribution is 6.31. The number of hydrogen-bond donors (Lipinski definition) is 2. The lowest BCUT2D eigenvalue weighted by Crippen LogP contribution is -2.45. The molecule has 1 aliphatic rings. The van der Waals surface area contributed by atoms with Crippen LogP contribution in [-0.2, 0) is 0 Å². The molecular formula is C34H36ClF2N6+. The zero-order valence-electron chi connectivity index (χ0n) is 24.4. The summed E-state index contributed by atoms with van der Waals surface area (Å²) in [6.45, 7) is 9.02. The predicted molar refractivity (Wildman–Crippen MR) is 174 cm³/mol. The van der Waals surface area contributed by atoms with Crippen molar-refractivity contribution in [1.29, 1.82) is 0 Å². The third-order valence-corrected chi connectivity index (χ3v) is 7.72. The zero-order valence-corrected chi connectivity index (χ0v) is 25.2. The summed E-state index contributed by atoms with van der Waals surface area (Å²) in [7, 11) is 0. The van der Waals surface area contributed by atoms with Crippen molar-refractivity contribution in [2.45, 2.75) is 13.8 Å². The van der Waals surface area contributed by atoms with Gasteiger partial charge in [0.2, 0.25) is 0 Å². The summed E-state index contributed by atoms with van der Waals surface area (Å²) < 4.78 is 29.4. The van der Waals surface area contributed by atoms with Gasteiger partial charge >= 0.3 is 0 Å². The van der Waals surface area contributed by atoms with E-state index in [1.807, 2.05) is 42.6 Å². The van der Waals surface area contributed by atoms with E-state index in [0.717, 1.165) is 78.9 Å². The summed E-state index contributed by atoms with van der Waals surface area (Å²) in [4.78, 5) is 9.07. The van der Waals surface area contributed by atoms with Crippen molar-refractivity contribution in [1.82, 2.24) is 9.88 Å². The van der Waals surface area contributed by atoms with Crippen LogP contribution in [0.3, 0.4) is 0 Å². The average molecular weight is 602 g/mol. The molecule has 43 heavy (non-hydrogen) atoms. The Hall–Kier alpha value is -4.43. The Morgan fingerprint density at radius 3 is 2.16 bits per heavy atom. The molecule has 0 amide bonds. The van der Waals surface area contributed by atoms with Gasteiger partial charge < -0.3 is 15.1 Å². The maximum Gasteiger partial charge on any atom is 0.274 e. The van der Waals surface area contributed by atoms with Crippen LogP contribution in [0.4, 0.5) is 25.8 Å². The number of rotatable bonds is 9. The van der Waals surface area contributed by atoms with Gasteiger partial charge in [-0.05, 0) is 92.7 Å². The summed E-state index contributed by atoms with van der Waals surface area (Å²) in [6, 6.07) is 20.6. The van der Waals surface area contributed by atoms with E-state index in [4.69, 9.17) is 11.6 Å². The van der Waals surface area contributed by atoms with Gasteiger partial charge in [-0.1, -0.05) is 17.7 Å². The van der Waals surface area contributed by atoms with Crippen molar-refractivity contribution in [2.75, 3.05) is 54.8 Å². The predicted octanol–water partition coefficient (Wildman–Crippen LogP) is 7.36. The van der Waals surface area contributed by atoms with Crippen LogP contribution in [-0.4, -0.2) is 59.6 Å². The molecule has 0 aliphatic carbocycles. The molecule has 2 heterocycles. The highest BCUT2D eigenvalue weighted by Crippen LogP contribution is 2.28. The minimum Gasteiger partial charge on any atom is -0.363 e. The fourth-order valence-electron chi connectivity index (χ4n) is 5.18. The van der Waals surface area contributed by atoms with Gasteiger partial charge in [-0.2, -0.15) is 0 Å². The Labute approximate surface area is 256 Å². The normalized spacial score (nSPS) is 13.9. The minimum atomic E-state index is -0.277. The van der Waals surface area contributed by atoms with Crippen LogP contribution in [0.2, 0.25) is 5.02 Å². The number of fused-ring (bicyclic) bond motifs is 1. The highest BCUT2D eigenvalue weighted by atomic mass is 35.5. The monoisotopic (exact) mass is 601 g/mol. The number of nitrogens with zero attached hydrogens (tertiary/aromatic N) is 4. The number of pyridine rings is 1. The van der Waals surface area contributed by atoms with Crippen LogP contribution >= 0.6 is 11.6 Å². The summed E-state index contributed by atoms with van der Waals surface area (Å²) in [6.07, 6.45) is 7.89. The largest absolute Gasteiger partial charge is 0.363 e. The lowest BCUT2D eigenvalue weighted by molar-refractivity contribution is -0.528. The SMILES string of the molecule is CCN(CC)C(=CC=CC(Nc1ccc(F)cc1)=[N+]1CCN(c2ccnc3cc(Cl)ccc23)CC1)Nc1ccc(F)cc1. The third-order valence-electron chi connectivity index (χ3n) is 7.49. The number of allylic oxidation sites excluding steroid dienone is 2. The number of aromatic nitrogens is 1. The van der Waals surface area contributed by atoms with Gasteiger partial charge in [0.05, 0.1) is 18.6 Å². The van der Waals surface area contributed by atoms with Crippen LogP contribution in [0.25, 0.3) is 10.9 Å². The van der Waals surface area contributed by atoms with Crippen molar-refractivity contribution in [3.8, 4) is 0 Å². The van der Waals surface area contributed by atoms with Gasteiger partial charge in [-0.25, -0.2) is 14.1 Å². The molecule has 0 unspecified atom stereocenters. The van der Waals surface area contributed by atoms with Crippen molar-refractivity contribution in [3.63, 3.8) is 0 Å². The van der Waals surface area contributed by atoms with Crippen LogP contribution in [0.1, 0.15) is 13.8 Å². The van der Waals surface area contributed by atoms with E-state index in [1.165, 1.54) is 24.3 Å². The van der Waals surface area contributed by atoms with E-state index < -0.39 is 0 Å². The molecule has 5 rings (SSSR count). The maximum absolute atomic E-state index is 13.6. The number of benzene rings is 3. The second-order valence-electron chi connectivity index (χ2n) is 10.2. The van der Waals surface area contributed by atoms with E-state index >= 15 is 0 Å². The fraction of sp³-hybridized carbons (Fsp3) is 0.235. The Morgan fingerprint density at radius 1 is 0.907 bits per heavy atom. The first-order valence-electron chi connectivity index (χ1n) is 14.5. The quantitative estimate of drug-likeness (QED) is 0.119. The van der Waals surface area contributed by atoms with Crippen molar-refractivity contribution in [2.24, 2.45) is 0 Å². The molecule has 0 bridgehead atoms. The molecule has 1 aromatic heterocycles. The summed E-state index contributed by atoms with van der Waals surface area (Å²) in [5.41, 5.74) is 3.63. The van der Waals surface area contributed by atoms with E-state index in [1.54, 1.807) is 24.3 Å². The van der Waals surface area contributed by atoms with E-state index in [-0.39, 0.29) is 11.6 Å². The first-order valence-corrected chi connectivity index (χ1v) is 14.9. The Bertz CT molecular complexity index is 1620. The first-order chi connectivity index (χ1) is 20.9. The second kappa shape index (κ2) is 14.2. The van der Waals surface area contributed by atoms with Crippen LogP contribution in [0.15, 0.2) is 103 Å². The topological polar surface area (TPSA) is 46.4 Å². The number of hydrogen-bond acceptors (Lipinski definition) is 4. The van der Waals surface area contributed by atoms with Crippen molar-refractivity contribution < 1.29 is 13.4 Å². The molecule has 4 aromatic rings. The molecule has 0 atom stereocenters. The number of halogens is 3. The molecule has 9 heteroatoms. The molecule has 0 saturated carbocycles. The molecular weight excluding hydrogens is 566 g/mol. The molecule has 6 nitrogen and oxygen atoms in total. The molecule has 0 spiro atoms. The maximum atomic E-state index is 13.6. The lowest BCUT2D eigenvalue weighted by Gasteiger charge is -2.30. The molecule has 222 valence electrons. The van der Waals surface area contributed by atoms with E-state index in [0.29, 0.717) is 5.02 Å². The van der Waals surface area contributed by atoms with Gasteiger partial charge in [0.25, 0.3) is 5.84 Å². The smallest absolute Gasteiger partial charge is 0.274 e. The van der Waals surface area contributed by atoms with Crippen LogP contribution in [0, 0.1) is 11.6 Å². The van der Waals surface area contributed by atoms with Crippen molar-refractivity contribution in [3.05, 3.63) is 120 Å². The summed E-state index contributed by atoms with van der Waals surface area (Å²) in [5.74, 6) is 1.27.